The van der Waals surface area contributed by atoms with E-state index in [2.05, 4.69) is 5.32 Å². The number of unbranched alkanes of at least 4 members (excludes halogenated alkanes) is 1. The molecule has 0 bridgehead atoms. The number of anilines is 1. The predicted octanol–water partition coefficient (Wildman–Crippen LogP) is 4.19. The minimum atomic E-state index is -0.800. The number of benzene rings is 2. The maximum atomic E-state index is 12.5. The number of carbonyl (C=O) groups excluding carboxylic acids is 4. The quantitative estimate of drug-likeness (QED) is 0.506. The molecule has 7 nitrogen and oxygen atoms in total. The van der Waals surface area contributed by atoms with Gasteiger partial charge in [0.25, 0.3) is 17.7 Å². The average Bonchev–Trinajstić information content (AvgIpc) is 2.97. The number of imide groups is 1. The standard InChI is InChI=1S/C21H18Cl2N2O5/c1-2-3-9-25-19(27)13-8-7-12(10-14(13)20(25)28)21(29)30-11-17(26)24-18-15(22)5-4-6-16(18)23/h4-8,10H,2-3,9,11H2,1H3,(H,24,26). The summed E-state index contributed by atoms with van der Waals surface area (Å²) >= 11 is 12.0. The van der Waals surface area contributed by atoms with Crippen molar-refractivity contribution in [1.29, 1.82) is 0 Å². The van der Waals surface area contributed by atoms with E-state index < -0.39 is 24.4 Å². The molecule has 0 saturated heterocycles. The molecule has 3 rings (SSSR count). The summed E-state index contributed by atoms with van der Waals surface area (Å²) in [4.78, 5) is 50.4. The molecular weight excluding hydrogens is 431 g/mol. The van der Waals surface area contributed by atoms with E-state index in [0.29, 0.717) is 13.0 Å². The Balaban J connectivity index is 1.65. The van der Waals surface area contributed by atoms with E-state index >= 15 is 0 Å². The number of nitrogens with zero attached hydrogens (tertiary/aromatic N) is 1. The van der Waals surface area contributed by atoms with Crippen LogP contribution in [0.4, 0.5) is 5.69 Å². The zero-order chi connectivity index (χ0) is 21.8. The van der Waals surface area contributed by atoms with Crippen LogP contribution in [0.3, 0.4) is 0 Å². The van der Waals surface area contributed by atoms with Crippen LogP contribution >= 0.6 is 23.2 Å². The highest BCUT2D eigenvalue weighted by molar-refractivity contribution is 6.39. The Morgan fingerprint density at radius 2 is 1.70 bits per heavy atom. The first kappa shape index (κ1) is 21.8. The van der Waals surface area contributed by atoms with Gasteiger partial charge in [-0.1, -0.05) is 42.6 Å². The minimum absolute atomic E-state index is 0.0656. The molecule has 0 fully saturated rings. The highest BCUT2D eigenvalue weighted by atomic mass is 35.5. The fourth-order valence-electron chi connectivity index (χ4n) is 2.94. The van der Waals surface area contributed by atoms with E-state index in [1.165, 1.54) is 23.1 Å². The van der Waals surface area contributed by atoms with Crippen molar-refractivity contribution in [2.45, 2.75) is 19.8 Å². The SMILES string of the molecule is CCCCN1C(=O)c2ccc(C(=O)OCC(=O)Nc3c(Cl)cccc3Cl)cc2C1=O. The summed E-state index contributed by atoms with van der Waals surface area (Å²) in [5.74, 6) is -2.24. The molecule has 1 aliphatic heterocycles. The van der Waals surface area contributed by atoms with Gasteiger partial charge in [-0.15, -0.1) is 0 Å². The van der Waals surface area contributed by atoms with Crippen molar-refractivity contribution in [3.63, 3.8) is 0 Å². The van der Waals surface area contributed by atoms with Gasteiger partial charge in [-0.25, -0.2) is 4.79 Å². The van der Waals surface area contributed by atoms with Gasteiger partial charge in [-0.3, -0.25) is 19.3 Å². The van der Waals surface area contributed by atoms with Crippen molar-refractivity contribution in [2.75, 3.05) is 18.5 Å². The van der Waals surface area contributed by atoms with Gasteiger partial charge in [0, 0.05) is 6.54 Å². The van der Waals surface area contributed by atoms with Gasteiger partial charge in [0.2, 0.25) is 0 Å². The first-order chi connectivity index (χ1) is 14.3. The van der Waals surface area contributed by atoms with Crippen LogP contribution in [0.5, 0.6) is 0 Å². The zero-order valence-corrected chi connectivity index (χ0v) is 17.5. The van der Waals surface area contributed by atoms with E-state index in [1.54, 1.807) is 18.2 Å². The largest absolute Gasteiger partial charge is 0.452 e. The highest BCUT2D eigenvalue weighted by Crippen LogP contribution is 2.29. The van der Waals surface area contributed by atoms with Crippen molar-refractivity contribution in [3.8, 4) is 0 Å². The lowest BCUT2D eigenvalue weighted by atomic mass is 10.1. The van der Waals surface area contributed by atoms with E-state index in [1.807, 2.05) is 6.92 Å². The topological polar surface area (TPSA) is 92.8 Å². The molecular formula is C21H18Cl2N2O5. The second kappa shape index (κ2) is 9.28. The molecule has 2 aromatic rings. The molecule has 0 saturated carbocycles. The van der Waals surface area contributed by atoms with Crippen LogP contribution in [0.1, 0.15) is 50.8 Å². The third-order valence-corrected chi connectivity index (χ3v) is 5.13. The van der Waals surface area contributed by atoms with Gasteiger partial charge in [0.1, 0.15) is 0 Å². The molecule has 1 heterocycles. The number of para-hydroxylation sites is 1. The van der Waals surface area contributed by atoms with Crippen molar-refractivity contribution in [1.82, 2.24) is 4.90 Å². The second-order valence-corrected chi connectivity index (χ2v) is 7.41. The van der Waals surface area contributed by atoms with Crippen LogP contribution in [0, 0.1) is 0 Å². The maximum absolute atomic E-state index is 12.5. The number of hydrogen-bond donors (Lipinski definition) is 1. The van der Waals surface area contributed by atoms with Gasteiger partial charge < -0.3 is 10.1 Å². The van der Waals surface area contributed by atoms with E-state index in [0.717, 1.165) is 6.42 Å². The number of carbonyl (C=O) groups is 4. The number of halogens is 2. The van der Waals surface area contributed by atoms with Gasteiger partial charge in [0.15, 0.2) is 6.61 Å². The summed E-state index contributed by atoms with van der Waals surface area (Å²) in [6.45, 7) is 1.71. The number of rotatable bonds is 7. The summed E-state index contributed by atoms with van der Waals surface area (Å²) in [7, 11) is 0. The average molecular weight is 449 g/mol. The molecule has 1 aliphatic rings. The fourth-order valence-corrected chi connectivity index (χ4v) is 3.44. The van der Waals surface area contributed by atoms with Crippen LogP contribution in [0.25, 0.3) is 0 Å². The number of nitrogens with one attached hydrogen (secondary N) is 1. The Kier molecular flexibility index (Phi) is 6.74. The Morgan fingerprint density at radius 3 is 2.37 bits per heavy atom. The fraction of sp³-hybridized carbons (Fsp3) is 0.238. The number of ether oxygens (including phenoxy) is 1. The molecule has 1 N–H and O–H groups in total. The van der Waals surface area contributed by atoms with Crippen LogP contribution in [0.2, 0.25) is 10.0 Å². The number of amides is 3. The molecule has 0 atom stereocenters. The molecule has 0 radical (unpaired) electrons. The van der Waals surface area contributed by atoms with E-state index in [9.17, 15) is 19.2 Å². The molecule has 0 spiro atoms. The van der Waals surface area contributed by atoms with E-state index in [-0.39, 0.29) is 38.3 Å². The monoisotopic (exact) mass is 448 g/mol. The van der Waals surface area contributed by atoms with Crippen molar-refractivity contribution in [2.24, 2.45) is 0 Å². The molecule has 0 aliphatic carbocycles. The van der Waals surface area contributed by atoms with Crippen molar-refractivity contribution >= 4 is 52.6 Å². The zero-order valence-electron chi connectivity index (χ0n) is 16.0. The molecule has 156 valence electrons. The number of esters is 1. The second-order valence-electron chi connectivity index (χ2n) is 6.60. The van der Waals surface area contributed by atoms with Gasteiger partial charge >= 0.3 is 5.97 Å². The Labute approximate surface area is 182 Å². The predicted molar refractivity (Wildman–Crippen MR) is 112 cm³/mol. The Hall–Kier alpha value is -2.90. The number of fused-ring (bicyclic) bond motifs is 1. The summed E-state index contributed by atoms with van der Waals surface area (Å²) < 4.78 is 5.01. The maximum Gasteiger partial charge on any atom is 0.338 e. The Morgan fingerprint density at radius 1 is 1.03 bits per heavy atom. The van der Waals surface area contributed by atoms with Gasteiger partial charge in [-0.2, -0.15) is 0 Å². The third kappa shape index (κ3) is 4.47. The molecule has 0 aromatic heterocycles. The Bertz CT molecular complexity index is 1020. The van der Waals surface area contributed by atoms with Crippen LogP contribution in [-0.2, 0) is 9.53 Å². The third-order valence-electron chi connectivity index (χ3n) is 4.50. The summed E-state index contributed by atoms with van der Waals surface area (Å²) in [5.41, 5.74) is 0.683. The first-order valence-electron chi connectivity index (χ1n) is 9.24. The van der Waals surface area contributed by atoms with Crippen molar-refractivity contribution < 1.29 is 23.9 Å². The first-order valence-corrected chi connectivity index (χ1v) is 10.00. The van der Waals surface area contributed by atoms with Gasteiger partial charge in [0.05, 0.1) is 32.4 Å². The van der Waals surface area contributed by atoms with Crippen LogP contribution in [-0.4, -0.2) is 41.7 Å². The lowest BCUT2D eigenvalue weighted by molar-refractivity contribution is -0.119. The molecule has 9 heteroatoms. The lowest BCUT2D eigenvalue weighted by Crippen LogP contribution is -2.30. The molecule has 3 amide bonds. The lowest BCUT2D eigenvalue weighted by Gasteiger charge is -2.12. The molecule has 2 aromatic carbocycles. The highest BCUT2D eigenvalue weighted by Gasteiger charge is 2.35. The summed E-state index contributed by atoms with van der Waals surface area (Å²) in [6, 6.07) is 8.86. The normalized spacial score (nSPS) is 12.7. The summed E-state index contributed by atoms with van der Waals surface area (Å²) in [5, 5.41) is 2.97. The van der Waals surface area contributed by atoms with Crippen LogP contribution < -0.4 is 5.32 Å². The van der Waals surface area contributed by atoms with Gasteiger partial charge in [-0.05, 0) is 36.8 Å². The molecule has 30 heavy (non-hydrogen) atoms. The molecule has 0 unspecified atom stereocenters. The van der Waals surface area contributed by atoms with Crippen LogP contribution in [0.15, 0.2) is 36.4 Å². The van der Waals surface area contributed by atoms with Crippen molar-refractivity contribution in [3.05, 3.63) is 63.1 Å². The minimum Gasteiger partial charge on any atom is -0.452 e. The summed E-state index contributed by atoms with van der Waals surface area (Å²) in [6.07, 6.45) is 1.54. The smallest absolute Gasteiger partial charge is 0.338 e. The van der Waals surface area contributed by atoms with E-state index in [4.69, 9.17) is 27.9 Å². The number of hydrogen-bond acceptors (Lipinski definition) is 5.